The lowest BCUT2D eigenvalue weighted by Gasteiger charge is -2.13. The van der Waals surface area contributed by atoms with Gasteiger partial charge in [0.05, 0.1) is 17.5 Å². The molecule has 0 fully saturated rings. The second-order valence-electron chi connectivity index (χ2n) is 4.60. The van der Waals surface area contributed by atoms with Gasteiger partial charge >= 0.3 is 0 Å². The first-order valence-electron chi connectivity index (χ1n) is 6.55. The molecule has 1 heterocycles. The third-order valence-electron chi connectivity index (χ3n) is 2.96. The van der Waals surface area contributed by atoms with Crippen molar-refractivity contribution in [3.05, 3.63) is 59.9 Å². The minimum Gasteiger partial charge on any atom is -0.347 e. The lowest BCUT2D eigenvalue weighted by molar-refractivity contribution is -0.119. The van der Waals surface area contributed by atoms with Gasteiger partial charge in [-0.05, 0) is 37.6 Å². The summed E-state index contributed by atoms with van der Waals surface area (Å²) in [5.41, 5.74) is 2.07. The van der Waals surface area contributed by atoms with E-state index in [9.17, 15) is 4.79 Å². The molecule has 104 valence electrons. The van der Waals surface area contributed by atoms with E-state index in [0.717, 1.165) is 10.6 Å². The fraction of sp³-hybridized carbons (Fsp3) is 0.250. The molecule has 20 heavy (non-hydrogen) atoms. The Hall–Kier alpha value is -1.81. The Morgan fingerprint density at radius 3 is 2.70 bits per heavy atom. The van der Waals surface area contributed by atoms with E-state index in [-0.39, 0.29) is 11.9 Å². The number of hydrogen-bond acceptors (Lipinski definition) is 3. The first-order chi connectivity index (χ1) is 9.66. The van der Waals surface area contributed by atoms with Crippen LogP contribution in [0.3, 0.4) is 0 Å². The van der Waals surface area contributed by atoms with Crippen LogP contribution in [0, 0.1) is 6.92 Å². The highest BCUT2D eigenvalue weighted by molar-refractivity contribution is 8.00. The largest absolute Gasteiger partial charge is 0.347 e. The highest BCUT2D eigenvalue weighted by Crippen LogP contribution is 2.21. The molecule has 2 aromatic rings. The molecule has 1 amide bonds. The molecule has 1 atom stereocenters. The van der Waals surface area contributed by atoms with E-state index >= 15 is 0 Å². The molecule has 0 saturated carbocycles. The van der Waals surface area contributed by atoms with E-state index in [4.69, 9.17) is 0 Å². The van der Waals surface area contributed by atoms with E-state index < -0.39 is 0 Å². The van der Waals surface area contributed by atoms with Gasteiger partial charge in [0.15, 0.2) is 0 Å². The molecule has 1 N–H and O–H groups in total. The average Bonchev–Trinajstić information content (AvgIpc) is 2.47. The van der Waals surface area contributed by atoms with Crippen molar-refractivity contribution in [2.24, 2.45) is 0 Å². The van der Waals surface area contributed by atoms with Crippen molar-refractivity contribution in [1.82, 2.24) is 10.3 Å². The Morgan fingerprint density at radius 2 is 2.00 bits per heavy atom. The topological polar surface area (TPSA) is 42.0 Å². The molecular formula is C16H18N2OS. The molecule has 3 nitrogen and oxygen atoms in total. The zero-order valence-corrected chi connectivity index (χ0v) is 12.5. The molecule has 0 unspecified atom stereocenters. The maximum absolute atomic E-state index is 12.0. The highest BCUT2D eigenvalue weighted by atomic mass is 32.2. The standard InChI is InChI=1S/C16H18N2OS/c1-12-7-3-4-9-15(12)20-11-16(19)18-13(2)14-8-5-6-10-17-14/h3-10,13H,11H2,1-2H3,(H,18,19)/t13-/m1/s1. The molecule has 1 aromatic heterocycles. The van der Waals surface area contributed by atoms with Crippen molar-refractivity contribution in [2.75, 3.05) is 5.75 Å². The zero-order chi connectivity index (χ0) is 14.4. The Labute approximate surface area is 123 Å². The smallest absolute Gasteiger partial charge is 0.230 e. The van der Waals surface area contributed by atoms with Crippen LogP contribution < -0.4 is 5.32 Å². The summed E-state index contributed by atoms with van der Waals surface area (Å²) in [6.45, 7) is 4.00. The number of carbonyl (C=O) groups is 1. The van der Waals surface area contributed by atoms with Gasteiger partial charge in [-0.15, -0.1) is 11.8 Å². The summed E-state index contributed by atoms with van der Waals surface area (Å²) in [6.07, 6.45) is 1.74. The van der Waals surface area contributed by atoms with Crippen molar-refractivity contribution in [3.63, 3.8) is 0 Å². The van der Waals surface area contributed by atoms with E-state index in [1.807, 2.05) is 43.3 Å². The minimum absolute atomic E-state index is 0.0245. The quantitative estimate of drug-likeness (QED) is 0.857. The molecule has 0 aliphatic rings. The SMILES string of the molecule is Cc1ccccc1SCC(=O)N[C@H](C)c1ccccn1. The van der Waals surface area contributed by atoms with E-state index in [0.29, 0.717) is 5.75 Å². The summed E-state index contributed by atoms with van der Waals surface area (Å²) in [7, 11) is 0. The van der Waals surface area contributed by atoms with Crippen LogP contribution in [0.5, 0.6) is 0 Å². The first kappa shape index (κ1) is 14.6. The van der Waals surface area contributed by atoms with Gasteiger partial charge in [0, 0.05) is 11.1 Å². The highest BCUT2D eigenvalue weighted by Gasteiger charge is 2.10. The molecular weight excluding hydrogens is 268 g/mol. The number of pyridine rings is 1. The second kappa shape index (κ2) is 7.10. The predicted molar refractivity (Wildman–Crippen MR) is 82.7 cm³/mol. The molecule has 0 radical (unpaired) electrons. The van der Waals surface area contributed by atoms with Crippen LogP contribution >= 0.6 is 11.8 Å². The number of amides is 1. The number of nitrogens with one attached hydrogen (secondary N) is 1. The van der Waals surface area contributed by atoms with Gasteiger partial charge in [-0.25, -0.2) is 0 Å². The van der Waals surface area contributed by atoms with Crippen LogP contribution in [0.25, 0.3) is 0 Å². The lowest BCUT2D eigenvalue weighted by Crippen LogP contribution is -2.28. The van der Waals surface area contributed by atoms with Crippen molar-refractivity contribution < 1.29 is 4.79 Å². The fourth-order valence-electron chi connectivity index (χ4n) is 1.85. The van der Waals surface area contributed by atoms with Crippen molar-refractivity contribution in [3.8, 4) is 0 Å². The number of benzene rings is 1. The summed E-state index contributed by atoms with van der Waals surface area (Å²) < 4.78 is 0. The average molecular weight is 286 g/mol. The normalized spacial score (nSPS) is 11.9. The zero-order valence-electron chi connectivity index (χ0n) is 11.7. The third kappa shape index (κ3) is 4.10. The van der Waals surface area contributed by atoms with Crippen molar-refractivity contribution in [2.45, 2.75) is 24.8 Å². The van der Waals surface area contributed by atoms with E-state index in [1.54, 1.807) is 18.0 Å². The maximum atomic E-state index is 12.0. The summed E-state index contributed by atoms with van der Waals surface area (Å²) in [5.74, 6) is 0.443. The van der Waals surface area contributed by atoms with Crippen LogP contribution in [-0.4, -0.2) is 16.6 Å². The van der Waals surface area contributed by atoms with Gasteiger partial charge < -0.3 is 5.32 Å². The van der Waals surface area contributed by atoms with Crippen molar-refractivity contribution in [1.29, 1.82) is 0 Å². The van der Waals surface area contributed by atoms with Gasteiger partial charge in [0.25, 0.3) is 0 Å². The van der Waals surface area contributed by atoms with Crippen LogP contribution in [0.15, 0.2) is 53.6 Å². The van der Waals surface area contributed by atoms with Gasteiger partial charge in [0.1, 0.15) is 0 Å². The second-order valence-corrected chi connectivity index (χ2v) is 5.62. The molecule has 4 heteroatoms. The molecule has 0 bridgehead atoms. The lowest BCUT2D eigenvalue weighted by atomic mass is 10.2. The van der Waals surface area contributed by atoms with E-state index in [1.165, 1.54) is 5.56 Å². The fourth-order valence-corrected chi connectivity index (χ4v) is 2.69. The van der Waals surface area contributed by atoms with E-state index in [2.05, 4.69) is 23.3 Å². The molecule has 0 saturated heterocycles. The van der Waals surface area contributed by atoms with Crippen LogP contribution in [-0.2, 0) is 4.79 Å². The number of nitrogens with zero attached hydrogens (tertiary/aromatic N) is 1. The van der Waals surface area contributed by atoms with Gasteiger partial charge in [-0.2, -0.15) is 0 Å². The Kier molecular flexibility index (Phi) is 5.18. The Bertz CT molecular complexity index is 572. The summed E-state index contributed by atoms with van der Waals surface area (Å²) in [6, 6.07) is 13.7. The molecule has 2 rings (SSSR count). The summed E-state index contributed by atoms with van der Waals surface area (Å²) in [5, 5.41) is 2.96. The molecule has 0 aliphatic carbocycles. The monoisotopic (exact) mass is 286 g/mol. The molecule has 1 aromatic carbocycles. The Morgan fingerprint density at radius 1 is 1.25 bits per heavy atom. The number of thioether (sulfide) groups is 1. The number of rotatable bonds is 5. The van der Waals surface area contributed by atoms with Crippen LogP contribution in [0.4, 0.5) is 0 Å². The predicted octanol–water partition coefficient (Wildman–Crippen LogP) is 3.36. The number of hydrogen-bond donors (Lipinski definition) is 1. The number of aryl methyl sites for hydroxylation is 1. The van der Waals surface area contributed by atoms with Gasteiger partial charge in [-0.3, -0.25) is 9.78 Å². The third-order valence-corrected chi connectivity index (χ3v) is 4.14. The van der Waals surface area contributed by atoms with Gasteiger partial charge in [0.2, 0.25) is 5.91 Å². The van der Waals surface area contributed by atoms with Gasteiger partial charge in [-0.1, -0.05) is 24.3 Å². The Balaban J connectivity index is 1.86. The summed E-state index contributed by atoms with van der Waals surface area (Å²) in [4.78, 5) is 17.3. The maximum Gasteiger partial charge on any atom is 0.230 e. The number of aromatic nitrogens is 1. The molecule has 0 spiro atoms. The van der Waals surface area contributed by atoms with Crippen LogP contribution in [0.2, 0.25) is 0 Å². The van der Waals surface area contributed by atoms with Crippen LogP contribution in [0.1, 0.15) is 24.2 Å². The first-order valence-corrected chi connectivity index (χ1v) is 7.54. The minimum atomic E-state index is -0.0684. The van der Waals surface area contributed by atoms with Crippen molar-refractivity contribution >= 4 is 17.7 Å². The number of carbonyl (C=O) groups excluding carboxylic acids is 1. The summed E-state index contributed by atoms with van der Waals surface area (Å²) >= 11 is 1.56. The molecule has 0 aliphatic heterocycles.